The fraction of sp³-hybridized carbons (Fsp3) is 0.365. The molecular weight excluding hydrogens is 1240 g/mol. The lowest BCUT2D eigenvalue weighted by Crippen LogP contribution is -2.61. The topological polar surface area (TPSA) is 537 Å². The number of benzene rings is 3. The number of rotatable bonds is 22. The minimum absolute atomic E-state index is 0.0578. The van der Waals surface area contributed by atoms with Crippen LogP contribution in [0.3, 0.4) is 0 Å². The van der Waals surface area contributed by atoms with E-state index in [2.05, 4.69) is 93.7 Å². The van der Waals surface area contributed by atoms with Crippen LogP contribution in [-0.2, 0) is 75.3 Å². The molecule has 25 N–H and O–H groups in total. The van der Waals surface area contributed by atoms with Crippen molar-refractivity contribution in [3.05, 3.63) is 144 Å². The number of nitrogens with one attached hydrogen (secondary N) is 19. The van der Waals surface area contributed by atoms with Crippen LogP contribution in [-0.4, -0.2) is 175 Å². The minimum atomic E-state index is -1.51. The number of guanidine groups is 3. The van der Waals surface area contributed by atoms with E-state index in [1.54, 1.807) is 54.9 Å². The molecule has 0 unspecified atom stereocenters. The first-order valence-corrected chi connectivity index (χ1v) is 31.3. The van der Waals surface area contributed by atoms with Gasteiger partial charge in [0.1, 0.15) is 48.3 Å². The number of hydrogen-bond donors (Lipinski definition) is 22. The van der Waals surface area contributed by atoms with Gasteiger partial charge in [0.15, 0.2) is 17.9 Å². The van der Waals surface area contributed by atoms with E-state index in [1.807, 2.05) is 36.4 Å². The lowest BCUT2D eigenvalue weighted by molar-refractivity contribution is -0.136. The highest BCUT2D eigenvalue weighted by Gasteiger charge is 2.37. The van der Waals surface area contributed by atoms with Crippen LogP contribution < -0.4 is 81.0 Å². The molecule has 7 aromatic rings. The van der Waals surface area contributed by atoms with Gasteiger partial charge >= 0.3 is 0 Å². The molecule has 0 bridgehead atoms. The number of H-pyrrole nitrogens is 4. The number of nitrogens with two attached hydrogens (primary N) is 3. The molecule has 4 aromatic heterocycles. The molecule has 0 saturated carbocycles. The lowest BCUT2D eigenvalue weighted by atomic mass is 10.00. The molecule has 33 heteroatoms. The van der Waals surface area contributed by atoms with E-state index >= 15 is 19.2 Å². The van der Waals surface area contributed by atoms with Gasteiger partial charge in [0.2, 0.25) is 53.2 Å². The summed E-state index contributed by atoms with van der Waals surface area (Å²) < 4.78 is 0. The number of imidazole rings is 2. The summed E-state index contributed by atoms with van der Waals surface area (Å²) >= 11 is 0. The largest absolute Gasteiger partial charge is 0.370 e. The Balaban J connectivity index is 1.22. The number of hydrogen-bond acceptors (Lipinski definition) is 14. The number of carbonyl (C=O) groups excluding carboxylic acids is 9. The molecular formula is C63H82N24O9. The number of aromatic nitrogens is 6. The Hall–Kier alpha value is -11.8. The molecule has 33 nitrogen and oxygen atoms in total. The quantitative estimate of drug-likeness (QED) is 0.0188. The van der Waals surface area contributed by atoms with Gasteiger partial charge in [-0.25, -0.2) is 9.97 Å². The van der Waals surface area contributed by atoms with Crippen molar-refractivity contribution in [2.45, 2.75) is 119 Å². The van der Waals surface area contributed by atoms with Crippen LogP contribution in [0.4, 0.5) is 0 Å². The summed E-state index contributed by atoms with van der Waals surface area (Å²) in [5, 5.41) is 57.4. The van der Waals surface area contributed by atoms with E-state index in [4.69, 9.17) is 33.4 Å². The number of carbonyl (C=O) groups is 9. The van der Waals surface area contributed by atoms with Gasteiger partial charge in [-0.05, 0) is 67.3 Å². The molecule has 3 aromatic carbocycles. The molecule has 5 heterocycles. The highest BCUT2D eigenvalue weighted by molar-refractivity contribution is 6.00. The van der Waals surface area contributed by atoms with E-state index in [0.29, 0.717) is 49.9 Å². The number of para-hydroxylation sites is 2. The molecule has 8 atom stereocenters. The average molecular weight is 1320 g/mol. The van der Waals surface area contributed by atoms with E-state index in [9.17, 15) is 24.0 Å². The molecule has 1 saturated heterocycles. The second-order valence-electron chi connectivity index (χ2n) is 23.1. The van der Waals surface area contributed by atoms with Crippen LogP contribution in [0.5, 0.6) is 0 Å². The SMILES string of the molecule is N=C(N)NCCC[C@@H]1NC(=O)[C@H](CCCNC(=N)N)NC(=O)[C@H](Cc2c[nH]c3ccccc23)NC(=O)[C@H](Cc2c[nH]c3ccccc23)NC(=O)[C@H](CCCNC(=N)N)NC(=O)[C@H](Cc2ccccc2)NC(=O)[C@H](Cc2c[nH]cn2)NC(=O)CNC(=O)[C@H](Cc2c[nH]cn2)NC1=O. The molecule has 8 rings (SSSR count). The third-order valence-electron chi connectivity index (χ3n) is 15.9. The first-order chi connectivity index (χ1) is 46.3. The van der Waals surface area contributed by atoms with Crippen molar-refractivity contribution in [1.82, 2.24) is 93.7 Å². The van der Waals surface area contributed by atoms with Crippen LogP contribution >= 0.6 is 0 Å². The molecule has 96 heavy (non-hydrogen) atoms. The molecule has 0 spiro atoms. The third-order valence-corrected chi connectivity index (χ3v) is 15.9. The Morgan fingerprint density at radius 1 is 0.406 bits per heavy atom. The Morgan fingerprint density at radius 2 is 0.750 bits per heavy atom. The predicted molar refractivity (Wildman–Crippen MR) is 355 cm³/mol. The van der Waals surface area contributed by atoms with Crippen LogP contribution in [0.15, 0.2) is 116 Å². The van der Waals surface area contributed by atoms with Crippen molar-refractivity contribution in [1.29, 1.82) is 16.2 Å². The minimum Gasteiger partial charge on any atom is -0.370 e. The summed E-state index contributed by atoms with van der Waals surface area (Å²) in [5.41, 5.74) is 20.6. The summed E-state index contributed by atoms with van der Waals surface area (Å²) in [6.45, 7) is -0.562. The van der Waals surface area contributed by atoms with E-state index in [0.717, 1.165) is 0 Å². The first kappa shape index (κ1) is 70.1. The predicted octanol–water partition coefficient (Wildman–Crippen LogP) is -2.59. The van der Waals surface area contributed by atoms with Gasteiger partial charge in [-0.1, -0.05) is 66.7 Å². The second kappa shape index (κ2) is 34.7. The third kappa shape index (κ3) is 21.1. The number of nitrogens with zero attached hydrogens (tertiary/aromatic N) is 2. The molecule has 9 amide bonds. The van der Waals surface area contributed by atoms with Crippen molar-refractivity contribution >= 4 is 92.8 Å². The summed E-state index contributed by atoms with van der Waals surface area (Å²) in [6, 6.07) is 11.4. The van der Waals surface area contributed by atoms with Crippen LogP contribution in [0.2, 0.25) is 0 Å². The Labute approximate surface area is 550 Å². The number of amides is 9. The van der Waals surface area contributed by atoms with Gasteiger partial charge in [-0.2, -0.15) is 0 Å². The normalized spacial score (nSPS) is 20.8. The van der Waals surface area contributed by atoms with Gasteiger partial charge in [0.05, 0.1) is 30.6 Å². The molecule has 0 radical (unpaired) electrons. The van der Waals surface area contributed by atoms with E-state index in [1.165, 1.54) is 25.0 Å². The summed E-state index contributed by atoms with van der Waals surface area (Å²) in [5.74, 6) is -8.99. The van der Waals surface area contributed by atoms with Gasteiger partial charge in [-0.3, -0.25) is 59.4 Å². The van der Waals surface area contributed by atoms with Crippen LogP contribution in [0.25, 0.3) is 21.8 Å². The highest BCUT2D eigenvalue weighted by atomic mass is 16.2. The molecule has 508 valence electrons. The summed E-state index contributed by atoms with van der Waals surface area (Å²) in [6.07, 6.45) is 8.01. The maximum absolute atomic E-state index is 15.5. The molecule has 0 aliphatic carbocycles. The van der Waals surface area contributed by atoms with E-state index < -0.39 is 108 Å². The zero-order valence-corrected chi connectivity index (χ0v) is 52.5. The van der Waals surface area contributed by atoms with Gasteiger partial charge < -0.3 is 101 Å². The smallest absolute Gasteiger partial charge is 0.243 e. The van der Waals surface area contributed by atoms with Crippen molar-refractivity contribution in [2.24, 2.45) is 17.2 Å². The first-order valence-electron chi connectivity index (χ1n) is 31.3. The summed E-state index contributed by atoms with van der Waals surface area (Å²) in [4.78, 5) is 154. The van der Waals surface area contributed by atoms with Crippen LogP contribution in [0.1, 0.15) is 66.6 Å². The average Bonchev–Trinajstić information content (AvgIpc) is 1.65. The standard InChI is InChI=1S/C63H82N24O9/c64-61(65)72-20-8-17-44-54(90)81-45(18-9-21-73-62(66)67)56(92)87-50(26-38-30-70-33-78-38)53(89)77-32-52(88)80-51(27-39-31-71-34-79-39)60(96)84-47(23-35-11-2-1-3-12-35)57(93)82-46(19-10-22-74-63(68)69)55(91)85-49(25-37-29-76-43-16-7-5-14-41(37)43)59(95)86-48(58(94)83-44)24-36-28-75-42-15-6-4-13-40(36)42/h1-7,11-16,28-31,33-34,44-51,75-76H,8-10,17-27,32H2,(H,70,78)(H,71,79)(H,77,89)(H,80,88)(H,81,90)(H,82,93)(H,83,94)(H,84,96)(H,85,91)(H,86,95)(H,87,92)(H4,64,65,72)(H4,66,67,73)(H4,68,69,74)/t44-,45-,46-,47-,48-,49-,50-,51-/m0/s1. The Morgan fingerprint density at radius 3 is 1.14 bits per heavy atom. The van der Waals surface area contributed by atoms with Gasteiger partial charge in [0, 0.05) is 98.3 Å². The highest BCUT2D eigenvalue weighted by Crippen LogP contribution is 2.22. The molecule has 1 fully saturated rings. The van der Waals surface area contributed by atoms with E-state index in [-0.39, 0.29) is 108 Å². The second-order valence-corrected chi connectivity index (χ2v) is 23.1. The van der Waals surface area contributed by atoms with Crippen LogP contribution in [0, 0.1) is 16.2 Å². The zero-order valence-electron chi connectivity index (χ0n) is 52.5. The fourth-order valence-electron chi connectivity index (χ4n) is 11.0. The van der Waals surface area contributed by atoms with Crippen molar-refractivity contribution < 1.29 is 43.2 Å². The van der Waals surface area contributed by atoms with Gasteiger partial charge in [0.25, 0.3) is 0 Å². The number of aromatic amines is 4. The Kier molecular flexibility index (Phi) is 25.4. The van der Waals surface area contributed by atoms with Crippen molar-refractivity contribution in [3.63, 3.8) is 0 Å². The lowest BCUT2D eigenvalue weighted by Gasteiger charge is -2.28. The monoisotopic (exact) mass is 1320 g/mol. The summed E-state index contributed by atoms with van der Waals surface area (Å²) in [7, 11) is 0. The molecule has 1 aliphatic heterocycles. The fourth-order valence-corrected chi connectivity index (χ4v) is 11.0. The maximum Gasteiger partial charge on any atom is 0.243 e. The number of fused-ring (bicyclic) bond motifs is 2. The maximum atomic E-state index is 15.5. The van der Waals surface area contributed by atoms with Crippen molar-refractivity contribution in [2.75, 3.05) is 26.2 Å². The Bertz CT molecular complexity index is 3840. The van der Waals surface area contributed by atoms with Crippen molar-refractivity contribution in [3.8, 4) is 0 Å². The van der Waals surface area contributed by atoms with Gasteiger partial charge in [-0.15, -0.1) is 0 Å². The molecule has 1 aliphatic rings. The zero-order chi connectivity index (χ0) is 68.5.